The standard InChI is InChI=1S/C19H18ClNO2S/c1-3-15(12-8-10-13(23-2)11-9-12)21-19(22)18-17(20)14-6-4-5-7-16(14)24-18/h4-11,15H,3H2,1-2H3,(H,21,22). The highest BCUT2D eigenvalue weighted by Gasteiger charge is 2.20. The van der Waals surface area contributed by atoms with Gasteiger partial charge in [-0.25, -0.2) is 0 Å². The molecular weight excluding hydrogens is 342 g/mol. The molecule has 1 heterocycles. The summed E-state index contributed by atoms with van der Waals surface area (Å²) in [5, 5.41) is 4.53. The van der Waals surface area contributed by atoms with E-state index in [9.17, 15) is 4.79 Å². The van der Waals surface area contributed by atoms with Crippen LogP contribution in [-0.4, -0.2) is 13.0 Å². The van der Waals surface area contributed by atoms with E-state index in [1.54, 1.807) is 7.11 Å². The van der Waals surface area contributed by atoms with E-state index in [4.69, 9.17) is 16.3 Å². The van der Waals surface area contributed by atoms with Gasteiger partial charge in [0.2, 0.25) is 0 Å². The number of carbonyl (C=O) groups excluding carboxylic acids is 1. The Hall–Kier alpha value is -2.04. The molecule has 0 aliphatic carbocycles. The summed E-state index contributed by atoms with van der Waals surface area (Å²) in [7, 11) is 1.64. The summed E-state index contributed by atoms with van der Waals surface area (Å²) in [6.45, 7) is 2.04. The second-order valence-corrected chi connectivity index (χ2v) is 6.88. The van der Waals surface area contributed by atoms with Crippen LogP contribution in [0.3, 0.4) is 0 Å². The number of methoxy groups -OCH3 is 1. The molecule has 0 spiro atoms. The van der Waals surface area contributed by atoms with Crippen molar-refractivity contribution in [3.8, 4) is 5.75 Å². The fourth-order valence-electron chi connectivity index (χ4n) is 2.64. The highest BCUT2D eigenvalue weighted by Crippen LogP contribution is 2.35. The first-order valence-corrected chi connectivity index (χ1v) is 8.95. The zero-order valence-corrected chi connectivity index (χ0v) is 15.1. The minimum atomic E-state index is -0.135. The maximum Gasteiger partial charge on any atom is 0.263 e. The summed E-state index contributed by atoms with van der Waals surface area (Å²) >= 11 is 7.82. The van der Waals surface area contributed by atoms with Crippen molar-refractivity contribution in [2.75, 3.05) is 7.11 Å². The number of hydrogen-bond acceptors (Lipinski definition) is 3. The zero-order chi connectivity index (χ0) is 17.1. The fraction of sp³-hybridized carbons (Fsp3) is 0.211. The molecule has 3 rings (SSSR count). The van der Waals surface area contributed by atoms with Crippen molar-refractivity contribution in [3.05, 3.63) is 64.0 Å². The van der Waals surface area contributed by atoms with E-state index in [2.05, 4.69) is 5.32 Å². The van der Waals surface area contributed by atoms with Gasteiger partial charge in [0.15, 0.2) is 0 Å². The average molecular weight is 360 g/mol. The van der Waals surface area contributed by atoms with Gasteiger partial charge in [0, 0.05) is 10.1 Å². The van der Waals surface area contributed by atoms with E-state index in [0.29, 0.717) is 9.90 Å². The Morgan fingerprint density at radius 3 is 2.54 bits per heavy atom. The predicted octanol–water partition coefficient (Wildman–Crippen LogP) is 5.44. The third-order valence-electron chi connectivity index (χ3n) is 3.97. The van der Waals surface area contributed by atoms with Gasteiger partial charge in [-0.15, -0.1) is 11.3 Å². The molecular formula is C19H18ClNO2S. The molecule has 124 valence electrons. The first-order valence-electron chi connectivity index (χ1n) is 7.76. The highest BCUT2D eigenvalue weighted by atomic mass is 35.5. The Labute approximate surface area is 150 Å². The largest absolute Gasteiger partial charge is 0.497 e. The Balaban J connectivity index is 1.84. The van der Waals surface area contributed by atoms with E-state index in [1.165, 1.54) is 11.3 Å². The summed E-state index contributed by atoms with van der Waals surface area (Å²) in [4.78, 5) is 13.3. The van der Waals surface area contributed by atoms with Crippen LogP contribution in [0.2, 0.25) is 5.02 Å². The molecule has 24 heavy (non-hydrogen) atoms. The lowest BCUT2D eigenvalue weighted by Gasteiger charge is -2.17. The second-order valence-electron chi connectivity index (χ2n) is 5.45. The van der Waals surface area contributed by atoms with Gasteiger partial charge in [0.05, 0.1) is 18.2 Å². The summed E-state index contributed by atoms with van der Waals surface area (Å²) in [6.07, 6.45) is 0.792. The predicted molar refractivity (Wildman–Crippen MR) is 100 cm³/mol. The van der Waals surface area contributed by atoms with Gasteiger partial charge in [-0.1, -0.05) is 48.9 Å². The van der Waals surface area contributed by atoms with E-state index < -0.39 is 0 Å². The summed E-state index contributed by atoms with van der Waals surface area (Å²) < 4.78 is 6.20. The molecule has 1 unspecified atom stereocenters. The quantitative estimate of drug-likeness (QED) is 0.658. The number of thiophene rings is 1. The first-order chi connectivity index (χ1) is 11.6. The van der Waals surface area contributed by atoms with E-state index in [1.807, 2.05) is 55.5 Å². The SMILES string of the molecule is CCC(NC(=O)c1sc2ccccc2c1Cl)c1ccc(OC)cc1. The van der Waals surface area contributed by atoms with Crippen LogP contribution in [0.15, 0.2) is 48.5 Å². The number of carbonyl (C=O) groups is 1. The number of halogens is 1. The first kappa shape index (κ1) is 16.8. The van der Waals surface area contributed by atoms with Crippen LogP contribution >= 0.6 is 22.9 Å². The van der Waals surface area contributed by atoms with Crippen molar-refractivity contribution in [3.63, 3.8) is 0 Å². The zero-order valence-electron chi connectivity index (χ0n) is 13.5. The molecule has 5 heteroatoms. The summed E-state index contributed by atoms with van der Waals surface area (Å²) in [6, 6.07) is 15.5. The number of benzene rings is 2. The van der Waals surface area contributed by atoms with Crippen LogP contribution in [0.25, 0.3) is 10.1 Å². The van der Waals surface area contributed by atoms with Gasteiger partial charge in [0.1, 0.15) is 10.6 Å². The Kier molecular flexibility index (Phi) is 5.07. The number of nitrogens with one attached hydrogen (secondary N) is 1. The van der Waals surface area contributed by atoms with Crippen molar-refractivity contribution in [2.24, 2.45) is 0 Å². The highest BCUT2D eigenvalue weighted by molar-refractivity contribution is 7.21. The summed E-state index contributed by atoms with van der Waals surface area (Å²) in [5.41, 5.74) is 1.05. The molecule has 2 aromatic carbocycles. The fourth-order valence-corrected chi connectivity index (χ4v) is 4.06. The number of rotatable bonds is 5. The van der Waals surface area contributed by atoms with Gasteiger partial charge in [0.25, 0.3) is 5.91 Å². The Morgan fingerprint density at radius 2 is 1.92 bits per heavy atom. The van der Waals surface area contributed by atoms with Crippen LogP contribution < -0.4 is 10.1 Å². The minimum Gasteiger partial charge on any atom is -0.497 e. The molecule has 3 nitrogen and oxygen atoms in total. The van der Waals surface area contributed by atoms with Gasteiger partial charge >= 0.3 is 0 Å². The van der Waals surface area contributed by atoms with Crippen LogP contribution in [0, 0.1) is 0 Å². The molecule has 3 aromatic rings. The van der Waals surface area contributed by atoms with Crippen molar-refractivity contribution < 1.29 is 9.53 Å². The maximum absolute atomic E-state index is 12.7. The number of amides is 1. The molecule has 0 saturated heterocycles. The molecule has 0 aliphatic rings. The Morgan fingerprint density at radius 1 is 1.21 bits per heavy atom. The average Bonchev–Trinajstić information content (AvgIpc) is 2.97. The molecule has 0 bridgehead atoms. The van der Waals surface area contributed by atoms with Crippen LogP contribution in [0.4, 0.5) is 0 Å². The molecule has 1 N–H and O–H groups in total. The molecule has 0 radical (unpaired) electrons. The van der Waals surface area contributed by atoms with E-state index in [-0.39, 0.29) is 11.9 Å². The molecule has 0 saturated carbocycles. The van der Waals surface area contributed by atoms with Crippen LogP contribution in [0.5, 0.6) is 5.75 Å². The van der Waals surface area contributed by atoms with E-state index in [0.717, 1.165) is 27.8 Å². The topological polar surface area (TPSA) is 38.3 Å². The normalized spacial score (nSPS) is 12.1. The lowest BCUT2D eigenvalue weighted by molar-refractivity contribution is 0.0940. The van der Waals surface area contributed by atoms with Crippen molar-refractivity contribution >= 4 is 38.9 Å². The third-order valence-corrected chi connectivity index (χ3v) is 5.65. The molecule has 0 aliphatic heterocycles. The van der Waals surface area contributed by atoms with Crippen molar-refractivity contribution in [2.45, 2.75) is 19.4 Å². The van der Waals surface area contributed by atoms with Gasteiger partial charge in [-0.2, -0.15) is 0 Å². The molecule has 1 amide bonds. The van der Waals surface area contributed by atoms with Crippen molar-refractivity contribution in [1.82, 2.24) is 5.32 Å². The minimum absolute atomic E-state index is 0.0651. The number of fused-ring (bicyclic) bond motifs is 1. The molecule has 1 atom stereocenters. The summed E-state index contributed by atoms with van der Waals surface area (Å²) in [5.74, 6) is 0.663. The lowest BCUT2D eigenvalue weighted by atomic mass is 10.0. The van der Waals surface area contributed by atoms with E-state index >= 15 is 0 Å². The smallest absolute Gasteiger partial charge is 0.263 e. The number of hydrogen-bond donors (Lipinski definition) is 1. The number of ether oxygens (including phenoxy) is 1. The molecule has 1 aromatic heterocycles. The Bertz CT molecular complexity index is 857. The molecule has 0 fully saturated rings. The van der Waals surface area contributed by atoms with Gasteiger partial charge in [-0.05, 0) is 30.2 Å². The van der Waals surface area contributed by atoms with Gasteiger partial charge < -0.3 is 10.1 Å². The van der Waals surface area contributed by atoms with Gasteiger partial charge in [-0.3, -0.25) is 4.79 Å². The second kappa shape index (κ2) is 7.24. The monoisotopic (exact) mass is 359 g/mol. The van der Waals surface area contributed by atoms with Crippen LogP contribution in [0.1, 0.15) is 34.6 Å². The lowest BCUT2D eigenvalue weighted by Crippen LogP contribution is -2.27. The van der Waals surface area contributed by atoms with Crippen molar-refractivity contribution in [1.29, 1.82) is 0 Å². The maximum atomic E-state index is 12.7. The van der Waals surface area contributed by atoms with Crippen LogP contribution in [-0.2, 0) is 0 Å². The third kappa shape index (κ3) is 3.25.